The number of morpholine rings is 1. The molecule has 1 saturated heterocycles. The van der Waals surface area contributed by atoms with Crippen LogP contribution in [0.5, 0.6) is 0 Å². The number of aromatic nitrogens is 1. The van der Waals surface area contributed by atoms with Crippen molar-refractivity contribution in [1.82, 2.24) is 10.3 Å². The normalized spacial score (nSPS) is 23.7. The second kappa shape index (κ2) is 6.87. The Kier molecular flexibility index (Phi) is 5.14. The summed E-state index contributed by atoms with van der Waals surface area (Å²) in [6, 6.07) is 3.47. The molecule has 0 aromatic carbocycles. The van der Waals surface area contributed by atoms with Gasteiger partial charge in [-0.05, 0) is 32.4 Å². The highest BCUT2D eigenvalue weighted by atomic mass is 16.5. The highest BCUT2D eigenvalue weighted by Gasteiger charge is 2.22. The zero-order valence-electron chi connectivity index (χ0n) is 12.9. The van der Waals surface area contributed by atoms with Gasteiger partial charge in [0.15, 0.2) is 0 Å². The molecule has 21 heavy (non-hydrogen) atoms. The van der Waals surface area contributed by atoms with Gasteiger partial charge in [0.2, 0.25) is 5.91 Å². The minimum absolute atomic E-state index is 0.157. The van der Waals surface area contributed by atoms with Crippen molar-refractivity contribution in [2.24, 2.45) is 5.73 Å². The quantitative estimate of drug-likeness (QED) is 0.852. The summed E-state index contributed by atoms with van der Waals surface area (Å²) in [5.41, 5.74) is 6.46. The van der Waals surface area contributed by atoms with Gasteiger partial charge in [-0.1, -0.05) is 6.07 Å². The number of rotatable bonds is 4. The molecular weight excluding hydrogens is 268 g/mol. The van der Waals surface area contributed by atoms with E-state index < -0.39 is 6.04 Å². The van der Waals surface area contributed by atoms with E-state index in [-0.39, 0.29) is 18.1 Å². The SMILES string of the molecule is CC1CN(c2ccc(CNC(=O)[C@@H](C)N)cn2)CC(C)O1. The number of nitrogens with two attached hydrogens (primary N) is 1. The Morgan fingerprint density at radius 3 is 2.67 bits per heavy atom. The number of hydrogen-bond acceptors (Lipinski definition) is 5. The van der Waals surface area contributed by atoms with E-state index in [1.54, 1.807) is 13.1 Å². The van der Waals surface area contributed by atoms with Crippen molar-refractivity contribution >= 4 is 11.7 Å². The Morgan fingerprint density at radius 2 is 2.14 bits per heavy atom. The van der Waals surface area contributed by atoms with E-state index in [2.05, 4.69) is 29.0 Å². The van der Waals surface area contributed by atoms with E-state index in [4.69, 9.17) is 10.5 Å². The first-order valence-electron chi connectivity index (χ1n) is 7.34. The van der Waals surface area contributed by atoms with Gasteiger partial charge in [-0.3, -0.25) is 4.79 Å². The summed E-state index contributed by atoms with van der Waals surface area (Å²) in [6.45, 7) is 7.94. The topological polar surface area (TPSA) is 80.5 Å². The number of ether oxygens (including phenoxy) is 1. The van der Waals surface area contributed by atoms with Crippen LogP contribution in [0.1, 0.15) is 26.3 Å². The molecule has 2 unspecified atom stereocenters. The second-order valence-electron chi connectivity index (χ2n) is 5.69. The Morgan fingerprint density at radius 1 is 1.48 bits per heavy atom. The molecule has 0 saturated carbocycles. The smallest absolute Gasteiger partial charge is 0.236 e. The molecule has 1 aromatic rings. The maximum atomic E-state index is 11.4. The van der Waals surface area contributed by atoms with Crippen LogP contribution in [0.15, 0.2) is 18.3 Å². The lowest BCUT2D eigenvalue weighted by atomic mass is 10.2. The third-order valence-corrected chi connectivity index (χ3v) is 3.43. The summed E-state index contributed by atoms with van der Waals surface area (Å²) in [5, 5.41) is 2.77. The molecule has 0 bridgehead atoms. The summed E-state index contributed by atoms with van der Waals surface area (Å²) in [6.07, 6.45) is 2.21. The zero-order chi connectivity index (χ0) is 15.4. The third kappa shape index (κ3) is 4.41. The molecule has 3 atom stereocenters. The second-order valence-corrected chi connectivity index (χ2v) is 5.69. The number of amides is 1. The number of anilines is 1. The highest BCUT2D eigenvalue weighted by molar-refractivity contribution is 5.80. The number of carbonyl (C=O) groups is 1. The number of nitrogens with one attached hydrogen (secondary N) is 1. The van der Waals surface area contributed by atoms with E-state index >= 15 is 0 Å². The van der Waals surface area contributed by atoms with Crippen molar-refractivity contribution in [3.05, 3.63) is 23.9 Å². The van der Waals surface area contributed by atoms with Gasteiger partial charge in [0.1, 0.15) is 5.82 Å². The van der Waals surface area contributed by atoms with Crippen LogP contribution in [0.2, 0.25) is 0 Å². The average molecular weight is 292 g/mol. The molecule has 0 radical (unpaired) electrons. The first-order valence-corrected chi connectivity index (χ1v) is 7.34. The Balaban J connectivity index is 1.94. The molecular formula is C15H24N4O2. The first-order chi connectivity index (χ1) is 9.95. The molecule has 2 rings (SSSR count). The minimum atomic E-state index is -0.492. The Labute approximate surface area is 125 Å². The lowest BCUT2D eigenvalue weighted by molar-refractivity contribution is -0.122. The van der Waals surface area contributed by atoms with E-state index in [0.29, 0.717) is 6.54 Å². The van der Waals surface area contributed by atoms with Crippen LogP contribution < -0.4 is 16.0 Å². The van der Waals surface area contributed by atoms with Crippen molar-refractivity contribution in [1.29, 1.82) is 0 Å². The molecule has 1 aliphatic rings. The van der Waals surface area contributed by atoms with Crippen molar-refractivity contribution in [2.75, 3.05) is 18.0 Å². The fourth-order valence-electron chi connectivity index (χ4n) is 2.42. The van der Waals surface area contributed by atoms with E-state index in [1.165, 1.54) is 0 Å². The lowest BCUT2D eigenvalue weighted by Gasteiger charge is -2.36. The molecule has 6 heteroatoms. The average Bonchev–Trinajstić information content (AvgIpc) is 2.44. The molecule has 6 nitrogen and oxygen atoms in total. The van der Waals surface area contributed by atoms with Crippen LogP contribution in [-0.2, 0) is 16.1 Å². The van der Waals surface area contributed by atoms with Crippen LogP contribution in [0.3, 0.4) is 0 Å². The summed E-state index contributed by atoms with van der Waals surface area (Å²) in [7, 11) is 0. The predicted octanol–water partition coefficient (Wildman–Crippen LogP) is 0.659. The van der Waals surface area contributed by atoms with Gasteiger partial charge in [0.05, 0.1) is 18.2 Å². The zero-order valence-corrected chi connectivity index (χ0v) is 12.9. The van der Waals surface area contributed by atoms with Crippen molar-refractivity contribution in [3.63, 3.8) is 0 Å². The van der Waals surface area contributed by atoms with Gasteiger partial charge >= 0.3 is 0 Å². The summed E-state index contributed by atoms with van der Waals surface area (Å²) in [4.78, 5) is 18.1. The van der Waals surface area contributed by atoms with Crippen LogP contribution in [0, 0.1) is 0 Å². The fourth-order valence-corrected chi connectivity index (χ4v) is 2.42. The van der Waals surface area contributed by atoms with Gasteiger partial charge in [-0.25, -0.2) is 4.98 Å². The predicted molar refractivity (Wildman–Crippen MR) is 82.0 cm³/mol. The van der Waals surface area contributed by atoms with Gasteiger partial charge < -0.3 is 20.7 Å². The standard InChI is InChI=1S/C15H24N4O2/c1-10-8-19(9-11(2)21-10)14-5-4-13(6-17-14)7-18-15(20)12(3)16/h4-6,10-12H,7-9,16H2,1-3H3,(H,18,20)/t10?,11?,12-/m1/s1. The van der Waals surface area contributed by atoms with Crippen LogP contribution in [0.25, 0.3) is 0 Å². The maximum Gasteiger partial charge on any atom is 0.236 e. The molecule has 1 fully saturated rings. The largest absolute Gasteiger partial charge is 0.372 e. The Bertz CT molecular complexity index is 465. The molecule has 116 valence electrons. The van der Waals surface area contributed by atoms with Gasteiger partial charge in [-0.15, -0.1) is 0 Å². The van der Waals surface area contributed by atoms with Gasteiger partial charge in [0.25, 0.3) is 0 Å². The monoisotopic (exact) mass is 292 g/mol. The van der Waals surface area contributed by atoms with Crippen LogP contribution in [-0.4, -0.2) is 42.2 Å². The van der Waals surface area contributed by atoms with Crippen LogP contribution in [0.4, 0.5) is 5.82 Å². The Hall–Kier alpha value is -1.66. The third-order valence-electron chi connectivity index (χ3n) is 3.43. The first kappa shape index (κ1) is 15.7. The minimum Gasteiger partial charge on any atom is -0.372 e. The number of nitrogens with zero attached hydrogens (tertiary/aromatic N) is 2. The number of hydrogen-bond donors (Lipinski definition) is 2. The number of pyridine rings is 1. The molecule has 1 aromatic heterocycles. The van der Waals surface area contributed by atoms with Crippen LogP contribution >= 0.6 is 0 Å². The maximum absolute atomic E-state index is 11.4. The van der Waals surface area contributed by atoms with Crippen molar-refractivity contribution in [3.8, 4) is 0 Å². The molecule has 2 heterocycles. The lowest BCUT2D eigenvalue weighted by Crippen LogP contribution is -2.45. The number of carbonyl (C=O) groups excluding carboxylic acids is 1. The van der Waals surface area contributed by atoms with Crippen molar-refractivity contribution in [2.45, 2.75) is 45.6 Å². The molecule has 0 spiro atoms. The van der Waals surface area contributed by atoms with E-state index in [9.17, 15) is 4.79 Å². The fraction of sp³-hybridized carbons (Fsp3) is 0.600. The highest BCUT2D eigenvalue weighted by Crippen LogP contribution is 2.18. The van der Waals surface area contributed by atoms with Gasteiger partial charge in [-0.2, -0.15) is 0 Å². The molecule has 0 aliphatic carbocycles. The summed E-state index contributed by atoms with van der Waals surface area (Å²) < 4.78 is 5.72. The van der Waals surface area contributed by atoms with Gasteiger partial charge in [0, 0.05) is 25.8 Å². The molecule has 1 aliphatic heterocycles. The molecule has 1 amide bonds. The summed E-state index contributed by atoms with van der Waals surface area (Å²) in [5.74, 6) is 0.786. The van der Waals surface area contributed by atoms with E-state index in [1.807, 2.05) is 12.1 Å². The molecule has 3 N–H and O–H groups in total. The van der Waals surface area contributed by atoms with E-state index in [0.717, 1.165) is 24.5 Å². The summed E-state index contributed by atoms with van der Waals surface area (Å²) >= 11 is 0. The van der Waals surface area contributed by atoms with Crippen molar-refractivity contribution < 1.29 is 9.53 Å².